The molecule has 2 atom stereocenters. The molecule has 2 N–H and O–H groups in total. The highest BCUT2D eigenvalue weighted by atomic mass is 19.1. The van der Waals surface area contributed by atoms with Crippen LogP contribution in [0.15, 0.2) is 16.9 Å². The molecule has 4 heterocycles. The molecule has 1 aromatic carbocycles. The van der Waals surface area contributed by atoms with Gasteiger partial charge < -0.3 is 24.4 Å². The minimum atomic E-state index is -1.56. The number of aliphatic hydroxyl groups is 2. The highest BCUT2D eigenvalue weighted by molar-refractivity contribution is 5.93. The van der Waals surface area contributed by atoms with Crippen molar-refractivity contribution in [2.24, 2.45) is 0 Å². The number of rotatable bonds is 4. The van der Waals surface area contributed by atoms with Gasteiger partial charge in [-0.1, -0.05) is 0 Å². The van der Waals surface area contributed by atoms with E-state index in [0.717, 1.165) is 22.1 Å². The number of likely N-dealkylation sites (N-methyl/N-ethyl adjacent to an activating group) is 1. The zero-order valence-corrected chi connectivity index (χ0v) is 20.5. The van der Waals surface area contributed by atoms with E-state index < -0.39 is 18.7 Å². The zero-order valence-electron chi connectivity index (χ0n) is 20.5. The molecule has 1 aliphatic carbocycles. The van der Waals surface area contributed by atoms with Crippen LogP contribution in [0.3, 0.4) is 0 Å². The van der Waals surface area contributed by atoms with Gasteiger partial charge in [-0.15, -0.1) is 0 Å². The zero-order chi connectivity index (χ0) is 26.2. The van der Waals surface area contributed by atoms with Crippen LogP contribution in [0.1, 0.15) is 58.7 Å². The van der Waals surface area contributed by atoms with E-state index in [1.165, 1.54) is 6.07 Å². The van der Waals surface area contributed by atoms with Crippen molar-refractivity contribution >= 4 is 22.8 Å². The molecular formula is C27H26FN3O6. The van der Waals surface area contributed by atoms with E-state index in [1.54, 1.807) is 22.5 Å². The van der Waals surface area contributed by atoms with Gasteiger partial charge in [0.1, 0.15) is 19.0 Å². The second-order valence-electron chi connectivity index (χ2n) is 9.90. The van der Waals surface area contributed by atoms with Crippen LogP contribution < -0.4 is 5.56 Å². The van der Waals surface area contributed by atoms with E-state index in [4.69, 9.17) is 9.72 Å². The lowest BCUT2D eigenvalue weighted by Gasteiger charge is -2.32. The number of halogens is 1. The maximum Gasteiger partial charge on any atom is 0.340 e. The summed E-state index contributed by atoms with van der Waals surface area (Å²) < 4.78 is 21.5. The Kier molecular flexibility index (Phi) is 5.43. The lowest BCUT2D eigenvalue weighted by Crippen LogP contribution is -2.37. The fourth-order valence-electron chi connectivity index (χ4n) is 6.15. The number of fused-ring (bicyclic) bond motifs is 5. The Morgan fingerprint density at radius 3 is 2.78 bits per heavy atom. The molecule has 0 radical (unpaired) electrons. The number of aliphatic hydroxyl groups excluding tert-OH is 2. The third kappa shape index (κ3) is 3.35. The third-order valence-electron chi connectivity index (χ3n) is 8.08. The molecule has 0 bridgehead atoms. The van der Waals surface area contributed by atoms with Crippen molar-refractivity contribution in [3.63, 3.8) is 0 Å². The van der Waals surface area contributed by atoms with Gasteiger partial charge in [-0.05, 0) is 49.4 Å². The van der Waals surface area contributed by atoms with Crippen molar-refractivity contribution in [1.82, 2.24) is 14.5 Å². The van der Waals surface area contributed by atoms with E-state index >= 15 is 0 Å². The summed E-state index contributed by atoms with van der Waals surface area (Å²) >= 11 is 0. The van der Waals surface area contributed by atoms with E-state index in [2.05, 4.69) is 0 Å². The lowest BCUT2D eigenvalue weighted by molar-refractivity contribution is -0.157. The van der Waals surface area contributed by atoms with Gasteiger partial charge in [0, 0.05) is 41.6 Å². The number of ether oxygens (including phenoxy) is 1. The first kappa shape index (κ1) is 23.7. The second-order valence-corrected chi connectivity index (χ2v) is 9.90. The monoisotopic (exact) mass is 507 g/mol. The van der Waals surface area contributed by atoms with Crippen LogP contribution in [-0.2, 0) is 33.9 Å². The minimum Gasteiger partial charge on any atom is -0.458 e. The van der Waals surface area contributed by atoms with Gasteiger partial charge in [0.15, 0.2) is 6.10 Å². The van der Waals surface area contributed by atoms with Crippen molar-refractivity contribution in [2.75, 3.05) is 19.7 Å². The number of amides is 1. The summed E-state index contributed by atoms with van der Waals surface area (Å²) in [4.78, 5) is 44.2. The fraction of sp³-hybridized carbons (Fsp3) is 0.407. The number of nitrogens with zero attached hydrogens (tertiary/aromatic N) is 3. The van der Waals surface area contributed by atoms with Crippen LogP contribution >= 0.6 is 0 Å². The normalized spacial score (nSPS) is 19.3. The molecule has 192 valence electrons. The third-order valence-corrected chi connectivity index (χ3v) is 8.08. The van der Waals surface area contributed by atoms with Gasteiger partial charge >= 0.3 is 5.97 Å². The smallest absolute Gasteiger partial charge is 0.340 e. The Morgan fingerprint density at radius 1 is 1.27 bits per heavy atom. The molecule has 0 fully saturated rings. The van der Waals surface area contributed by atoms with Crippen LogP contribution in [0.5, 0.6) is 0 Å². The average molecular weight is 508 g/mol. The number of hydrogen-bond donors (Lipinski definition) is 2. The Hall–Kier alpha value is -3.63. The van der Waals surface area contributed by atoms with Crippen LogP contribution in [0.25, 0.3) is 22.3 Å². The van der Waals surface area contributed by atoms with Crippen LogP contribution in [0, 0.1) is 12.7 Å². The number of esters is 1. The van der Waals surface area contributed by atoms with Crippen molar-refractivity contribution < 1.29 is 28.9 Å². The first-order valence-corrected chi connectivity index (χ1v) is 12.4. The molecule has 10 heteroatoms. The summed E-state index contributed by atoms with van der Waals surface area (Å²) in [7, 11) is 0. The summed E-state index contributed by atoms with van der Waals surface area (Å²) in [6.45, 7) is 3.84. The maximum absolute atomic E-state index is 14.9. The summed E-state index contributed by atoms with van der Waals surface area (Å²) in [6, 6.07) is 3.01. The summed E-state index contributed by atoms with van der Waals surface area (Å²) in [5, 5.41) is 20.7. The number of aryl methyl sites for hydroxylation is 1. The largest absolute Gasteiger partial charge is 0.458 e. The van der Waals surface area contributed by atoms with Crippen molar-refractivity contribution in [3.05, 3.63) is 61.7 Å². The first-order valence-electron chi connectivity index (χ1n) is 12.4. The average Bonchev–Trinajstić information content (AvgIpc) is 3.26. The van der Waals surface area contributed by atoms with E-state index in [0.29, 0.717) is 48.4 Å². The predicted octanol–water partition coefficient (Wildman–Crippen LogP) is 1.83. The van der Waals surface area contributed by atoms with E-state index in [1.807, 2.05) is 6.92 Å². The van der Waals surface area contributed by atoms with Crippen LogP contribution in [-0.4, -0.2) is 56.2 Å². The van der Waals surface area contributed by atoms with E-state index in [-0.39, 0.29) is 47.5 Å². The van der Waals surface area contributed by atoms with Crippen LogP contribution in [0.2, 0.25) is 0 Å². The summed E-state index contributed by atoms with van der Waals surface area (Å²) in [5.41, 5.74) is 4.68. The Labute approximate surface area is 211 Å². The molecule has 2 aliphatic heterocycles. The number of carbonyl (C=O) groups is 2. The Bertz CT molecular complexity index is 1580. The lowest BCUT2D eigenvalue weighted by atomic mass is 9.78. The maximum atomic E-state index is 14.9. The van der Waals surface area contributed by atoms with Gasteiger partial charge in [0.2, 0.25) is 5.91 Å². The molecule has 0 saturated carbocycles. The Balaban J connectivity index is 1.61. The van der Waals surface area contributed by atoms with Gasteiger partial charge in [-0.25, -0.2) is 14.2 Å². The molecule has 9 nitrogen and oxygen atoms in total. The highest BCUT2D eigenvalue weighted by Gasteiger charge is 2.37. The fourth-order valence-corrected chi connectivity index (χ4v) is 6.15. The molecule has 3 aromatic rings. The molecule has 6 rings (SSSR count). The number of hydrogen-bond acceptors (Lipinski definition) is 7. The minimum absolute atomic E-state index is 0.109. The molecule has 2 aromatic heterocycles. The number of carbonyl (C=O) groups excluding carboxylic acids is 2. The Morgan fingerprint density at radius 2 is 2.05 bits per heavy atom. The molecule has 1 amide bonds. The van der Waals surface area contributed by atoms with Crippen molar-refractivity contribution in [2.45, 2.75) is 51.9 Å². The molecular weight excluding hydrogens is 481 g/mol. The molecule has 2 unspecified atom stereocenters. The SMILES string of the molecule is CCN(CC1CCc2c(C)c(F)cc3nc4c(c1c23)Cn1c-4cc2c(c1=O)COC(=O)C2O)C(=O)CO. The predicted molar refractivity (Wildman–Crippen MR) is 130 cm³/mol. The molecule has 0 saturated heterocycles. The number of benzene rings is 1. The highest BCUT2D eigenvalue weighted by Crippen LogP contribution is 2.46. The second kappa shape index (κ2) is 8.46. The molecule has 3 aliphatic rings. The van der Waals surface area contributed by atoms with Gasteiger partial charge in [-0.2, -0.15) is 0 Å². The molecule has 37 heavy (non-hydrogen) atoms. The van der Waals surface area contributed by atoms with E-state index in [9.17, 15) is 29.0 Å². The van der Waals surface area contributed by atoms with Crippen LogP contribution in [0.4, 0.5) is 4.39 Å². The first-order chi connectivity index (χ1) is 17.7. The van der Waals surface area contributed by atoms with Gasteiger partial charge in [0.05, 0.1) is 29.0 Å². The van der Waals surface area contributed by atoms with Gasteiger partial charge in [-0.3, -0.25) is 9.59 Å². The standard InChI is InChI=1S/C27H26FN3O6/c1-3-30(21(33)10-32)8-13-4-5-14-12(2)18(28)7-19-23(14)22(13)16-9-31-20(24(16)29-19)6-15-17(26(31)35)11-37-27(36)25(15)34/h6-7,13,25,32,34H,3-5,8-11H2,1-2H3. The number of aromatic nitrogens is 2. The summed E-state index contributed by atoms with van der Waals surface area (Å²) in [5.74, 6) is -1.64. The van der Waals surface area contributed by atoms with Crippen molar-refractivity contribution in [3.8, 4) is 11.4 Å². The van der Waals surface area contributed by atoms with Gasteiger partial charge in [0.25, 0.3) is 5.56 Å². The topological polar surface area (TPSA) is 122 Å². The number of pyridine rings is 2. The molecule has 0 spiro atoms. The summed E-state index contributed by atoms with van der Waals surface area (Å²) in [6.07, 6.45) is -0.274. The number of cyclic esters (lactones) is 1. The van der Waals surface area contributed by atoms with Crippen molar-refractivity contribution in [1.29, 1.82) is 0 Å². The quantitative estimate of drug-likeness (QED) is 0.404.